The quantitative estimate of drug-likeness (QED) is 0.830. The second kappa shape index (κ2) is 7.55. The lowest BCUT2D eigenvalue weighted by molar-refractivity contribution is 0.0948. The van der Waals surface area contributed by atoms with Gasteiger partial charge in [-0.2, -0.15) is 0 Å². The molecule has 1 aromatic heterocycles. The Labute approximate surface area is 125 Å². The number of methoxy groups -OCH3 is 1. The van der Waals surface area contributed by atoms with Crippen molar-refractivity contribution < 1.29 is 9.53 Å². The highest BCUT2D eigenvalue weighted by Gasteiger charge is 2.08. The van der Waals surface area contributed by atoms with Crippen LogP contribution in [0.15, 0.2) is 42.7 Å². The summed E-state index contributed by atoms with van der Waals surface area (Å²) in [6, 6.07) is 9.94. The molecule has 4 nitrogen and oxygen atoms in total. The molecule has 0 fully saturated rings. The van der Waals surface area contributed by atoms with Gasteiger partial charge in [0.15, 0.2) is 0 Å². The van der Waals surface area contributed by atoms with Gasteiger partial charge in [0.05, 0.1) is 5.56 Å². The number of nitrogens with zero attached hydrogens (tertiary/aromatic N) is 1. The summed E-state index contributed by atoms with van der Waals surface area (Å²) >= 11 is 0. The molecule has 0 saturated carbocycles. The van der Waals surface area contributed by atoms with E-state index >= 15 is 0 Å². The van der Waals surface area contributed by atoms with Crippen LogP contribution >= 0.6 is 0 Å². The van der Waals surface area contributed by atoms with Crippen LogP contribution in [0.1, 0.15) is 22.3 Å². The highest BCUT2D eigenvalue weighted by Crippen LogP contribution is 2.22. The van der Waals surface area contributed by atoms with Crippen molar-refractivity contribution in [3.63, 3.8) is 0 Å². The maximum absolute atomic E-state index is 12.1. The number of hydrogen-bond donors (Lipinski definition) is 1. The molecule has 110 valence electrons. The van der Waals surface area contributed by atoms with Gasteiger partial charge < -0.3 is 10.1 Å². The fourth-order valence-corrected chi connectivity index (χ4v) is 2.13. The van der Waals surface area contributed by atoms with E-state index in [1.54, 1.807) is 19.5 Å². The maximum atomic E-state index is 12.1. The van der Waals surface area contributed by atoms with E-state index in [9.17, 15) is 4.79 Å². The Morgan fingerprint density at radius 2 is 2.10 bits per heavy atom. The van der Waals surface area contributed by atoms with E-state index in [0.29, 0.717) is 18.7 Å². The first-order valence-corrected chi connectivity index (χ1v) is 7.00. The monoisotopic (exact) mass is 284 g/mol. The Hall–Kier alpha value is -2.20. The molecule has 0 aliphatic carbocycles. The zero-order valence-corrected chi connectivity index (χ0v) is 12.4. The lowest BCUT2D eigenvalue weighted by atomic mass is 10.0. The van der Waals surface area contributed by atoms with Gasteiger partial charge in [-0.05, 0) is 30.5 Å². The van der Waals surface area contributed by atoms with Gasteiger partial charge in [0, 0.05) is 38.2 Å². The molecular weight excluding hydrogens is 264 g/mol. The second-order valence-electron chi connectivity index (χ2n) is 4.88. The van der Waals surface area contributed by atoms with Crippen molar-refractivity contribution in [3.8, 4) is 11.1 Å². The van der Waals surface area contributed by atoms with Crippen LogP contribution in [0.25, 0.3) is 11.1 Å². The number of rotatable bonds is 6. The fraction of sp³-hybridized carbons (Fsp3) is 0.294. The van der Waals surface area contributed by atoms with Crippen LogP contribution in [-0.2, 0) is 4.74 Å². The highest BCUT2D eigenvalue weighted by molar-refractivity contribution is 5.95. The average Bonchev–Trinajstić information content (AvgIpc) is 2.52. The van der Waals surface area contributed by atoms with E-state index < -0.39 is 0 Å². The summed E-state index contributed by atoms with van der Waals surface area (Å²) in [6.07, 6.45) is 4.17. The number of carbonyl (C=O) groups is 1. The van der Waals surface area contributed by atoms with Crippen LogP contribution in [0.4, 0.5) is 0 Å². The zero-order chi connectivity index (χ0) is 15.1. The van der Waals surface area contributed by atoms with E-state index in [0.717, 1.165) is 23.1 Å². The lowest BCUT2D eigenvalue weighted by Gasteiger charge is -2.08. The van der Waals surface area contributed by atoms with E-state index in [4.69, 9.17) is 4.74 Å². The number of aromatic nitrogens is 1. The average molecular weight is 284 g/mol. The minimum absolute atomic E-state index is 0.103. The number of carbonyl (C=O) groups excluding carboxylic acids is 1. The highest BCUT2D eigenvalue weighted by atomic mass is 16.5. The minimum atomic E-state index is -0.103. The van der Waals surface area contributed by atoms with Gasteiger partial charge >= 0.3 is 0 Å². The summed E-state index contributed by atoms with van der Waals surface area (Å²) in [4.78, 5) is 16.3. The standard InChI is InChI=1S/C17H20N2O2/c1-13-6-3-4-7-16(13)14-10-15(12-18-11-14)17(20)19-8-5-9-21-2/h3-4,6-7,10-12H,5,8-9H2,1-2H3,(H,19,20). The van der Waals surface area contributed by atoms with E-state index in [1.807, 2.05) is 37.3 Å². The minimum Gasteiger partial charge on any atom is -0.385 e. The van der Waals surface area contributed by atoms with Gasteiger partial charge in [-0.3, -0.25) is 9.78 Å². The van der Waals surface area contributed by atoms with E-state index in [1.165, 1.54) is 0 Å². The van der Waals surface area contributed by atoms with Crippen LogP contribution < -0.4 is 5.32 Å². The Kier molecular flexibility index (Phi) is 5.46. The van der Waals surface area contributed by atoms with Crippen LogP contribution in [0.2, 0.25) is 0 Å². The molecule has 0 bridgehead atoms. The molecule has 0 atom stereocenters. The van der Waals surface area contributed by atoms with Crippen molar-refractivity contribution in [1.29, 1.82) is 0 Å². The third-order valence-corrected chi connectivity index (χ3v) is 3.27. The van der Waals surface area contributed by atoms with Gasteiger partial charge in [0.1, 0.15) is 0 Å². The molecule has 0 saturated heterocycles. The number of benzene rings is 1. The van der Waals surface area contributed by atoms with Crippen molar-refractivity contribution in [2.45, 2.75) is 13.3 Å². The molecule has 2 aromatic rings. The van der Waals surface area contributed by atoms with Gasteiger partial charge in [0.2, 0.25) is 0 Å². The van der Waals surface area contributed by atoms with E-state index in [-0.39, 0.29) is 5.91 Å². The normalized spacial score (nSPS) is 10.4. The fourth-order valence-electron chi connectivity index (χ4n) is 2.13. The number of aryl methyl sites for hydroxylation is 1. The van der Waals surface area contributed by atoms with Gasteiger partial charge in [-0.1, -0.05) is 24.3 Å². The number of amides is 1. The molecule has 0 spiro atoms. The van der Waals surface area contributed by atoms with Crippen molar-refractivity contribution in [3.05, 3.63) is 53.9 Å². The Bertz CT molecular complexity index is 611. The summed E-state index contributed by atoms with van der Waals surface area (Å²) in [7, 11) is 1.65. The lowest BCUT2D eigenvalue weighted by Crippen LogP contribution is -2.25. The van der Waals surface area contributed by atoms with E-state index in [2.05, 4.69) is 10.3 Å². The molecular formula is C17H20N2O2. The Balaban J connectivity index is 2.11. The maximum Gasteiger partial charge on any atom is 0.252 e. The Morgan fingerprint density at radius 3 is 2.86 bits per heavy atom. The molecule has 2 rings (SSSR count). The van der Waals surface area contributed by atoms with Crippen LogP contribution in [0.3, 0.4) is 0 Å². The summed E-state index contributed by atoms with van der Waals surface area (Å²) in [5, 5.41) is 2.87. The van der Waals surface area contributed by atoms with Gasteiger partial charge in [-0.15, -0.1) is 0 Å². The molecule has 21 heavy (non-hydrogen) atoms. The van der Waals surface area contributed by atoms with Gasteiger partial charge in [0.25, 0.3) is 5.91 Å². The first-order valence-electron chi connectivity index (χ1n) is 7.00. The molecule has 0 aliphatic rings. The smallest absolute Gasteiger partial charge is 0.252 e. The third-order valence-electron chi connectivity index (χ3n) is 3.27. The molecule has 0 aliphatic heterocycles. The van der Waals surface area contributed by atoms with Crippen LogP contribution in [-0.4, -0.2) is 31.2 Å². The topological polar surface area (TPSA) is 51.2 Å². The third kappa shape index (κ3) is 4.13. The molecule has 0 radical (unpaired) electrons. The first-order chi connectivity index (χ1) is 10.2. The number of pyridine rings is 1. The summed E-state index contributed by atoms with van der Waals surface area (Å²) in [5.74, 6) is -0.103. The largest absolute Gasteiger partial charge is 0.385 e. The van der Waals surface area contributed by atoms with Crippen molar-refractivity contribution >= 4 is 5.91 Å². The molecule has 4 heteroatoms. The molecule has 1 aromatic carbocycles. The predicted molar refractivity (Wildman–Crippen MR) is 83.2 cm³/mol. The zero-order valence-electron chi connectivity index (χ0n) is 12.4. The van der Waals surface area contributed by atoms with Crippen molar-refractivity contribution in [1.82, 2.24) is 10.3 Å². The summed E-state index contributed by atoms with van der Waals surface area (Å²) in [6.45, 7) is 3.29. The number of nitrogens with one attached hydrogen (secondary N) is 1. The van der Waals surface area contributed by atoms with Crippen molar-refractivity contribution in [2.75, 3.05) is 20.3 Å². The molecule has 1 heterocycles. The predicted octanol–water partition coefficient (Wildman–Crippen LogP) is 2.82. The van der Waals surface area contributed by atoms with Crippen LogP contribution in [0.5, 0.6) is 0 Å². The first kappa shape index (κ1) is 15.2. The van der Waals surface area contributed by atoms with Crippen molar-refractivity contribution in [2.24, 2.45) is 0 Å². The number of ether oxygens (including phenoxy) is 1. The SMILES string of the molecule is COCCCNC(=O)c1cncc(-c2ccccc2C)c1. The number of hydrogen-bond acceptors (Lipinski definition) is 3. The summed E-state index contributed by atoms with van der Waals surface area (Å²) in [5.41, 5.74) is 3.79. The second-order valence-corrected chi connectivity index (χ2v) is 4.88. The molecule has 1 amide bonds. The summed E-state index contributed by atoms with van der Waals surface area (Å²) < 4.78 is 4.96. The van der Waals surface area contributed by atoms with Gasteiger partial charge in [-0.25, -0.2) is 0 Å². The molecule has 1 N–H and O–H groups in total. The van der Waals surface area contributed by atoms with Crippen LogP contribution in [0, 0.1) is 6.92 Å². The Morgan fingerprint density at radius 1 is 1.29 bits per heavy atom. The molecule has 0 unspecified atom stereocenters.